The number of nitrogens with zero attached hydrogens (tertiary/aromatic N) is 2. The molecule has 1 amide bonds. The van der Waals surface area contributed by atoms with E-state index >= 15 is 0 Å². The minimum atomic E-state index is -0.686. The average Bonchev–Trinajstić information content (AvgIpc) is 2.73. The number of hydrogen-bond acceptors (Lipinski definition) is 6. The van der Waals surface area contributed by atoms with Crippen LogP contribution in [0.25, 0.3) is 6.08 Å². The van der Waals surface area contributed by atoms with E-state index in [2.05, 4.69) is 0 Å². The van der Waals surface area contributed by atoms with Crippen LogP contribution in [0, 0.1) is 18.3 Å². The SMILES string of the molecule is COc1cc(/C=C/C(=O)OCC(=O)N(CCC#N)c2ccc(C)cc2)ccc1O. The summed E-state index contributed by atoms with van der Waals surface area (Å²) >= 11 is 0. The van der Waals surface area contributed by atoms with Gasteiger partial charge in [-0.25, -0.2) is 4.79 Å². The molecule has 2 rings (SSSR count). The molecule has 0 aliphatic heterocycles. The quantitative estimate of drug-likeness (QED) is 0.545. The molecule has 0 radical (unpaired) electrons. The third kappa shape index (κ3) is 6.40. The maximum absolute atomic E-state index is 12.5. The highest BCUT2D eigenvalue weighted by molar-refractivity contribution is 5.96. The number of hydrogen-bond donors (Lipinski definition) is 1. The third-order valence-electron chi connectivity index (χ3n) is 4.05. The van der Waals surface area contributed by atoms with Crippen molar-refractivity contribution in [3.63, 3.8) is 0 Å². The predicted molar refractivity (Wildman–Crippen MR) is 108 cm³/mol. The lowest BCUT2D eigenvalue weighted by Crippen LogP contribution is -2.35. The summed E-state index contributed by atoms with van der Waals surface area (Å²) in [6.45, 7) is 1.70. The summed E-state index contributed by atoms with van der Waals surface area (Å²) < 4.78 is 10.0. The Morgan fingerprint density at radius 3 is 2.59 bits per heavy atom. The Kier molecular flexibility index (Phi) is 7.80. The van der Waals surface area contributed by atoms with Crippen molar-refractivity contribution in [1.29, 1.82) is 5.26 Å². The van der Waals surface area contributed by atoms with Crippen molar-refractivity contribution in [3.05, 3.63) is 59.7 Å². The number of carbonyl (C=O) groups is 2. The zero-order valence-corrected chi connectivity index (χ0v) is 16.3. The van der Waals surface area contributed by atoms with Gasteiger partial charge < -0.3 is 19.5 Å². The van der Waals surface area contributed by atoms with E-state index in [1.807, 2.05) is 25.1 Å². The number of ether oxygens (including phenoxy) is 2. The second-order valence-electron chi connectivity index (χ2n) is 6.16. The van der Waals surface area contributed by atoms with Gasteiger partial charge in [0.2, 0.25) is 0 Å². The first-order valence-corrected chi connectivity index (χ1v) is 8.90. The number of rotatable bonds is 8. The standard InChI is InChI=1S/C22H22N2O5/c1-16-4-8-18(9-5-16)24(13-3-12-23)21(26)15-29-22(27)11-7-17-6-10-19(25)20(14-17)28-2/h4-11,14,25H,3,13,15H2,1-2H3/b11-7+. The Morgan fingerprint density at radius 1 is 1.21 bits per heavy atom. The summed E-state index contributed by atoms with van der Waals surface area (Å²) in [4.78, 5) is 25.9. The van der Waals surface area contributed by atoms with Gasteiger partial charge in [-0.05, 0) is 42.8 Å². The Morgan fingerprint density at radius 2 is 1.93 bits per heavy atom. The van der Waals surface area contributed by atoms with Crippen molar-refractivity contribution in [2.45, 2.75) is 13.3 Å². The molecule has 7 nitrogen and oxygen atoms in total. The van der Waals surface area contributed by atoms with Gasteiger partial charge in [0.1, 0.15) is 0 Å². The molecule has 150 valence electrons. The van der Waals surface area contributed by atoms with E-state index in [9.17, 15) is 14.7 Å². The molecule has 0 aliphatic carbocycles. The van der Waals surface area contributed by atoms with Gasteiger partial charge in [0.05, 0.1) is 19.6 Å². The molecule has 0 bridgehead atoms. The number of nitriles is 1. The van der Waals surface area contributed by atoms with Gasteiger partial charge in [-0.2, -0.15) is 5.26 Å². The van der Waals surface area contributed by atoms with Gasteiger partial charge in [-0.15, -0.1) is 0 Å². The van der Waals surface area contributed by atoms with Crippen LogP contribution in [-0.4, -0.2) is 37.2 Å². The maximum Gasteiger partial charge on any atom is 0.331 e. The molecule has 2 aromatic carbocycles. The summed E-state index contributed by atoms with van der Waals surface area (Å²) in [6.07, 6.45) is 2.84. The lowest BCUT2D eigenvalue weighted by atomic mass is 10.2. The molecule has 0 atom stereocenters. The highest BCUT2D eigenvalue weighted by Crippen LogP contribution is 2.26. The Labute approximate surface area is 169 Å². The number of phenols is 1. The average molecular weight is 394 g/mol. The summed E-state index contributed by atoms with van der Waals surface area (Å²) in [6, 6.07) is 13.9. The Balaban J connectivity index is 1.98. The molecule has 0 fully saturated rings. The molecule has 0 saturated heterocycles. The van der Waals surface area contributed by atoms with Gasteiger partial charge >= 0.3 is 5.97 Å². The minimum absolute atomic E-state index is 0.00797. The maximum atomic E-state index is 12.5. The van der Waals surface area contributed by atoms with Crippen molar-refractivity contribution in [1.82, 2.24) is 0 Å². The number of anilines is 1. The highest BCUT2D eigenvalue weighted by Gasteiger charge is 2.17. The van der Waals surface area contributed by atoms with Crippen LogP contribution in [0.4, 0.5) is 5.69 Å². The fraction of sp³-hybridized carbons (Fsp3) is 0.227. The summed E-state index contributed by atoms with van der Waals surface area (Å²) in [5.74, 6) is -0.833. The number of benzene rings is 2. The monoisotopic (exact) mass is 394 g/mol. The lowest BCUT2D eigenvalue weighted by molar-refractivity contribution is -0.142. The number of aromatic hydroxyl groups is 1. The molecule has 0 saturated carbocycles. The van der Waals surface area contributed by atoms with E-state index < -0.39 is 18.5 Å². The first-order chi connectivity index (χ1) is 13.9. The minimum Gasteiger partial charge on any atom is -0.504 e. The van der Waals surface area contributed by atoms with E-state index in [4.69, 9.17) is 14.7 Å². The van der Waals surface area contributed by atoms with Crippen LogP contribution < -0.4 is 9.64 Å². The second-order valence-corrected chi connectivity index (χ2v) is 6.16. The topological polar surface area (TPSA) is 99.9 Å². The van der Waals surface area contributed by atoms with E-state index in [0.717, 1.165) is 5.56 Å². The molecular formula is C22H22N2O5. The zero-order valence-electron chi connectivity index (χ0n) is 16.3. The third-order valence-corrected chi connectivity index (χ3v) is 4.05. The van der Waals surface area contributed by atoms with Crippen molar-refractivity contribution in [2.24, 2.45) is 0 Å². The number of amides is 1. The molecule has 0 spiro atoms. The number of methoxy groups -OCH3 is 1. The van der Waals surface area contributed by atoms with Gasteiger partial charge in [-0.1, -0.05) is 23.8 Å². The molecule has 0 aromatic heterocycles. The molecule has 7 heteroatoms. The largest absolute Gasteiger partial charge is 0.504 e. The number of esters is 1. The van der Waals surface area contributed by atoms with Crippen LogP contribution in [-0.2, 0) is 14.3 Å². The van der Waals surface area contributed by atoms with Crippen molar-refractivity contribution < 1.29 is 24.2 Å². The van der Waals surface area contributed by atoms with Crippen LogP contribution in [0.2, 0.25) is 0 Å². The smallest absolute Gasteiger partial charge is 0.331 e. The number of phenolic OH excluding ortho intramolecular Hbond substituents is 1. The summed E-state index contributed by atoms with van der Waals surface area (Å²) in [5, 5.41) is 18.4. The normalized spacial score (nSPS) is 10.4. The molecule has 29 heavy (non-hydrogen) atoms. The van der Waals surface area contributed by atoms with E-state index in [-0.39, 0.29) is 24.5 Å². The van der Waals surface area contributed by atoms with Gasteiger partial charge in [-0.3, -0.25) is 4.79 Å². The summed E-state index contributed by atoms with van der Waals surface area (Å²) in [5.41, 5.74) is 2.31. The molecule has 1 N–H and O–H groups in total. The summed E-state index contributed by atoms with van der Waals surface area (Å²) in [7, 11) is 1.43. The first-order valence-electron chi connectivity index (χ1n) is 8.90. The number of carbonyl (C=O) groups excluding carboxylic acids is 2. The fourth-order valence-corrected chi connectivity index (χ4v) is 2.51. The van der Waals surface area contributed by atoms with E-state index in [0.29, 0.717) is 11.3 Å². The first kappa shape index (κ1) is 21.5. The molecular weight excluding hydrogens is 372 g/mol. The molecule has 0 heterocycles. The van der Waals surface area contributed by atoms with Crippen LogP contribution in [0.5, 0.6) is 11.5 Å². The molecule has 0 aliphatic rings. The van der Waals surface area contributed by atoms with E-state index in [1.54, 1.807) is 24.3 Å². The highest BCUT2D eigenvalue weighted by atomic mass is 16.5. The van der Waals surface area contributed by atoms with Crippen LogP contribution in [0.15, 0.2) is 48.5 Å². The Bertz CT molecular complexity index is 929. The van der Waals surface area contributed by atoms with E-state index in [1.165, 1.54) is 30.2 Å². The van der Waals surface area contributed by atoms with Crippen molar-refractivity contribution in [2.75, 3.05) is 25.2 Å². The number of aryl methyl sites for hydroxylation is 1. The van der Waals surface area contributed by atoms with Crippen LogP contribution in [0.3, 0.4) is 0 Å². The van der Waals surface area contributed by atoms with Crippen LogP contribution >= 0.6 is 0 Å². The van der Waals surface area contributed by atoms with Gasteiger partial charge in [0.15, 0.2) is 18.1 Å². The second kappa shape index (κ2) is 10.5. The van der Waals surface area contributed by atoms with Gasteiger partial charge in [0, 0.05) is 18.3 Å². The predicted octanol–water partition coefficient (Wildman–Crippen LogP) is 3.21. The van der Waals surface area contributed by atoms with Gasteiger partial charge in [0.25, 0.3) is 5.91 Å². The van der Waals surface area contributed by atoms with Crippen LogP contribution in [0.1, 0.15) is 17.5 Å². The molecule has 0 unspecified atom stereocenters. The molecule has 2 aromatic rings. The van der Waals surface area contributed by atoms with Crippen molar-refractivity contribution >= 4 is 23.6 Å². The fourth-order valence-electron chi connectivity index (χ4n) is 2.51. The van der Waals surface area contributed by atoms with Crippen molar-refractivity contribution in [3.8, 4) is 17.6 Å². The Hall–Kier alpha value is -3.79. The lowest BCUT2D eigenvalue weighted by Gasteiger charge is -2.21. The zero-order chi connectivity index (χ0) is 21.2.